The number of hydrogen-bond donors (Lipinski definition) is 2. The molecule has 0 bridgehead atoms. The van der Waals surface area contributed by atoms with Crippen LogP contribution in [0.4, 0.5) is 13.2 Å². The van der Waals surface area contributed by atoms with E-state index in [1.807, 2.05) is 0 Å². The predicted octanol–water partition coefficient (Wildman–Crippen LogP) is 5.57. The van der Waals surface area contributed by atoms with Gasteiger partial charge in [0.2, 0.25) is 0 Å². The van der Waals surface area contributed by atoms with E-state index < -0.39 is 33.4 Å². The highest BCUT2D eigenvalue weighted by atomic mass is 35.5. The van der Waals surface area contributed by atoms with E-state index in [9.17, 15) is 26.4 Å². The first-order valence-electron chi connectivity index (χ1n) is 10.4. The first-order chi connectivity index (χ1) is 16.5. The van der Waals surface area contributed by atoms with Gasteiger partial charge in [0.1, 0.15) is 5.88 Å². The smallest absolute Gasteiger partial charge is 0.367 e. The summed E-state index contributed by atoms with van der Waals surface area (Å²) in [6, 6.07) is 17.6. The van der Waals surface area contributed by atoms with Crippen molar-refractivity contribution in [2.24, 2.45) is 0 Å². The molecule has 0 aliphatic heterocycles. The van der Waals surface area contributed by atoms with Crippen molar-refractivity contribution in [1.29, 1.82) is 0 Å². The second-order valence-electron chi connectivity index (χ2n) is 7.55. The van der Waals surface area contributed by atoms with Gasteiger partial charge in [-0.2, -0.15) is 13.2 Å². The fraction of sp³-hybridized carbons (Fsp3) is 0.160. The van der Waals surface area contributed by atoms with E-state index in [1.165, 1.54) is 42.5 Å². The van der Waals surface area contributed by atoms with Crippen LogP contribution in [0.3, 0.4) is 0 Å². The Labute approximate surface area is 206 Å². The van der Waals surface area contributed by atoms with E-state index in [2.05, 4.69) is 10.6 Å². The highest BCUT2D eigenvalue weighted by Crippen LogP contribution is 2.31. The molecule has 0 unspecified atom stereocenters. The Morgan fingerprint density at radius 3 is 2.20 bits per heavy atom. The van der Waals surface area contributed by atoms with Crippen molar-refractivity contribution >= 4 is 27.3 Å². The minimum Gasteiger partial charge on any atom is -0.367 e. The number of halogens is 4. The van der Waals surface area contributed by atoms with Crippen LogP contribution < -0.4 is 10.6 Å². The van der Waals surface area contributed by atoms with Crippen LogP contribution in [0.25, 0.3) is 11.1 Å². The minimum atomic E-state index is -4.41. The number of nitrogens with one attached hydrogen (secondary N) is 2. The van der Waals surface area contributed by atoms with E-state index in [0.717, 1.165) is 17.7 Å². The standard InChI is InChI=1S/C25H22ClF3N2O3S/c1-2-23(31-16-35(33,34)22-12-10-21(26)11-13-22)24(32)30-15-17-4-3-5-19(14-17)18-6-8-20(9-7-18)25(27,28)29/h2-14,31H,15-16H2,1H3,(H,30,32)/b23-2+. The van der Waals surface area contributed by atoms with E-state index in [-0.39, 0.29) is 17.1 Å². The molecule has 0 heterocycles. The van der Waals surface area contributed by atoms with Crippen LogP contribution >= 0.6 is 11.6 Å². The molecular weight excluding hydrogens is 501 g/mol. The first kappa shape index (κ1) is 26.3. The number of rotatable bonds is 8. The monoisotopic (exact) mass is 522 g/mol. The minimum absolute atomic E-state index is 0.0744. The van der Waals surface area contributed by atoms with Gasteiger partial charge in [-0.05, 0) is 66.1 Å². The number of carbonyl (C=O) groups excluding carboxylic acids is 1. The van der Waals surface area contributed by atoms with Gasteiger partial charge in [-0.1, -0.05) is 48.0 Å². The molecule has 0 radical (unpaired) electrons. The summed E-state index contributed by atoms with van der Waals surface area (Å²) >= 11 is 5.79. The van der Waals surface area contributed by atoms with Crippen LogP contribution in [-0.2, 0) is 27.4 Å². The van der Waals surface area contributed by atoms with E-state index in [4.69, 9.17) is 11.6 Å². The molecule has 5 nitrogen and oxygen atoms in total. The predicted molar refractivity (Wildman–Crippen MR) is 129 cm³/mol. The van der Waals surface area contributed by atoms with Crippen LogP contribution in [0.2, 0.25) is 5.02 Å². The lowest BCUT2D eigenvalue weighted by Crippen LogP contribution is -2.34. The molecule has 3 rings (SSSR count). The Morgan fingerprint density at radius 2 is 1.60 bits per heavy atom. The maximum atomic E-state index is 12.8. The summed E-state index contributed by atoms with van der Waals surface area (Å²) in [6.07, 6.45) is -2.94. The zero-order valence-electron chi connectivity index (χ0n) is 18.6. The van der Waals surface area contributed by atoms with Gasteiger partial charge >= 0.3 is 6.18 Å². The molecule has 0 fully saturated rings. The third kappa shape index (κ3) is 7.10. The summed E-state index contributed by atoms with van der Waals surface area (Å²) in [5.74, 6) is -0.982. The lowest BCUT2D eigenvalue weighted by Gasteiger charge is -2.13. The molecular formula is C25H22ClF3N2O3S. The average molecular weight is 523 g/mol. The summed E-state index contributed by atoms with van der Waals surface area (Å²) in [7, 11) is -3.69. The summed E-state index contributed by atoms with van der Waals surface area (Å²) in [4.78, 5) is 12.6. The van der Waals surface area contributed by atoms with Crippen molar-refractivity contribution in [2.75, 3.05) is 5.88 Å². The van der Waals surface area contributed by atoms with Gasteiger partial charge in [0.05, 0.1) is 16.2 Å². The maximum Gasteiger partial charge on any atom is 0.416 e. The van der Waals surface area contributed by atoms with E-state index >= 15 is 0 Å². The van der Waals surface area contributed by atoms with Crippen molar-refractivity contribution in [3.8, 4) is 11.1 Å². The van der Waals surface area contributed by atoms with E-state index in [0.29, 0.717) is 16.1 Å². The summed E-state index contributed by atoms with van der Waals surface area (Å²) in [5.41, 5.74) is 1.38. The van der Waals surface area contributed by atoms with Gasteiger partial charge in [-0.15, -0.1) is 0 Å². The van der Waals surface area contributed by atoms with Crippen LogP contribution in [0.5, 0.6) is 0 Å². The Kier molecular flexibility index (Phi) is 8.24. The molecule has 0 saturated carbocycles. The van der Waals surface area contributed by atoms with Gasteiger partial charge < -0.3 is 10.6 Å². The molecule has 1 amide bonds. The number of sulfone groups is 1. The number of alkyl halides is 3. The highest BCUT2D eigenvalue weighted by Gasteiger charge is 2.30. The van der Waals surface area contributed by atoms with Crippen molar-refractivity contribution in [1.82, 2.24) is 10.6 Å². The molecule has 0 atom stereocenters. The molecule has 2 N–H and O–H groups in total. The van der Waals surface area contributed by atoms with Crippen LogP contribution in [-0.4, -0.2) is 20.2 Å². The highest BCUT2D eigenvalue weighted by molar-refractivity contribution is 7.91. The van der Waals surface area contributed by atoms with Gasteiger partial charge in [0.25, 0.3) is 5.91 Å². The van der Waals surface area contributed by atoms with E-state index in [1.54, 1.807) is 31.2 Å². The zero-order valence-corrected chi connectivity index (χ0v) is 20.1. The zero-order chi connectivity index (χ0) is 25.6. The summed E-state index contributed by atoms with van der Waals surface area (Å²) < 4.78 is 63.3. The number of amides is 1. The molecule has 0 saturated heterocycles. The molecule has 0 aliphatic carbocycles. The van der Waals surface area contributed by atoms with Crippen molar-refractivity contribution in [3.05, 3.63) is 101 Å². The first-order valence-corrected chi connectivity index (χ1v) is 12.5. The van der Waals surface area contributed by atoms with Gasteiger partial charge in [-0.3, -0.25) is 4.79 Å². The lowest BCUT2D eigenvalue weighted by molar-refractivity contribution is -0.137. The Hall–Kier alpha value is -3.30. The van der Waals surface area contributed by atoms with Crippen molar-refractivity contribution in [2.45, 2.75) is 24.5 Å². The third-order valence-corrected chi connectivity index (χ3v) is 6.85. The fourth-order valence-corrected chi connectivity index (χ4v) is 4.39. The molecule has 0 aliphatic rings. The Balaban J connectivity index is 1.61. The second kappa shape index (κ2) is 11.0. The number of allylic oxidation sites excluding steroid dienone is 1. The number of hydrogen-bond acceptors (Lipinski definition) is 4. The summed E-state index contributed by atoms with van der Waals surface area (Å²) in [5, 5.41) is 5.77. The van der Waals surface area contributed by atoms with Crippen LogP contribution in [0.1, 0.15) is 18.1 Å². The van der Waals surface area contributed by atoms with Gasteiger partial charge in [0, 0.05) is 11.6 Å². The lowest BCUT2D eigenvalue weighted by atomic mass is 10.0. The molecule has 3 aromatic carbocycles. The van der Waals surface area contributed by atoms with Crippen molar-refractivity contribution < 1.29 is 26.4 Å². The topological polar surface area (TPSA) is 75.3 Å². The molecule has 184 valence electrons. The largest absolute Gasteiger partial charge is 0.416 e. The van der Waals surface area contributed by atoms with Crippen LogP contribution in [0, 0.1) is 0 Å². The molecule has 10 heteroatoms. The van der Waals surface area contributed by atoms with Gasteiger partial charge in [0.15, 0.2) is 9.84 Å². The quantitative estimate of drug-likeness (QED) is 0.379. The SMILES string of the molecule is C/C=C(/NCS(=O)(=O)c1ccc(Cl)cc1)C(=O)NCc1cccc(-c2ccc(C(F)(F)F)cc2)c1. The average Bonchev–Trinajstić information content (AvgIpc) is 2.83. The number of carbonyl (C=O) groups is 1. The molecule has 0 spiro atoms. The fourth-order valence-electron chi connectivity index (χ4n) is 3.20. The normalized spacial score (nSPS) is 12.3. The van der Waals surface area contributed by atoms with Gasteiger partial charge in [-0.25, -0.2) is 8.42 Å². The number of benzene rings is 3. The molecule has 3 aromatic rings. The third-order valence-electron chi connectivity index (χ3n) is 5.08. The Bertz CT molecular complexity index is 1320. The maximum absolute atomic E-state index is 12.8. The molecule has 35 heavy (non-hydrogen) atoms. The van der Waals surface area contributed by atoms with Crippen LogP contribution in [0.15, 0.2) is 89.5 Å². The Morgan fingerprint density at radius 1 is 0.943 bits per heavy atom. The summed E-state index contributed by atoms with van der Waals surface area (Å²) in [6.45, 7) is 1.73. The molecule has 0 aromatic heterocycles. The second-order valence-corrected chi connectivity index (χ2v) is 9.98. The van der Waals surface area contributed by atoms with Crippen molar-refractivity contribution in [3.63, 3.8) is 0 Å².